The summed E-state index contributed by atoms with van der Waals surface area (Å²) in [5.74, 6) is 0.297. The molecule has 0 radical (unpaired) electrons. The molecule has 0 fully saturated rings. The van der Waals surface area contributed by atoms with Gasteiger partial charge in [-0.25, -0.2) is 24.0 Å². The van der Waals surface area contributed by atoms with E-state index in [9.17, 15) is 9.18 Å². The van der Waals surface area contributed by atoms with Crippen molar-refractivity contribution >= 4 is 28.6 Å². The number of nitrogen functional groups attached to an aromatic ring is 2. The first-order valence-electron chi connectivity index (χ1n) is 11.1. The zero-order chi connectivity index (χ0) is 26.7. The minimum absolute atomic E-state index is 0.0900. The number of nitrogens with zero attached hydrogens (tertiary/aromatic N) is 5. The van der Waals surface area contributed by atoms with Gasteiger partial charge in [-0.2, -0.15) is 5.10 Å². The molecule has 0 amide bonds. The van der Waals surface area contributed by atoms with Gasteiger partial charge >= 0.3 is 5.97 Å². The van der Waals surface area contributed by atoms with Gasteiger partial charge in [0.1, 0.15) is 23.2 Å². The van der Waals surface area contributed by atoms with E-state index >= 15 is 0 Å². The highest BCUT2D eigenvalue weighted by molar-refractivity contribution is 5.89. The number of rotatable bonds is 6. The predicted octanol–water partition coefficient (Wildman–Crippen LogP) is 4.98. The Labute approximate surface area is 205 Å². The summed E-state index contributed by atoms with van der Waals surface area (Å²) in [5.41, 5.74) is 14.3. The van der Waals surface area contributed by atoms with Gasteiger partial charge in [0.25, 0.3) is 0 Å². The number of hydrogen-bond donors (Lipinski definition) is 2. The number of allylic oxidation sites excluding steroid dienone is 4. The molecule has 10 heteroatoms. The summed E-state index contributed by atoms with van der Waals surface area (Å²) in [7, 11) is 1.35. The van der Waals surface area contributed by atoms with Crippen LogP contribution in [0.2, 0.25) is 0 Å². The summed E-state index contributed by atoms with van der Waals surface area (Å²) in [6.45, 7) is 16.5. The lowest BCUT2D eigenvalue weighted by atomic mass is 10.0. The Balaban J connectivity index is 0.000000779. The topological polar surface area (TPSA) is 135 Å². The van der Waals surface area contributed by atoms with E-state index in [4.69, 9.17) is 11.5 Å². The molecule has 0 unspecified atom stereocenters. The number of pyridine rings is 1. The second-order valence-electron chi connectivity index (χ2n) is 7.24. The fraction of sp³-hybridized carbons (Fsp3) is 0.320. The predicted molar refractivity (Wildman–Crippen MR) is 139 cm³/mol. The van der Waals surface area contributed by atoms with Gasteiger partial charge in [0.15, 0.2) is 11.5 Å². The summed E-state index contributed by atoms with van der Waals surface area (Å²) in [5, 5.41) is 5.27. The van der Waals surface area contributed by atoms with Crippen molar-refractivity contribution in [3.05, 3.63) is 60.6 Å². The van der Waals surface area contributed by atoms with Gasteiger partial charge in [-0.1, -0.05) is 46.9 Å². The third-order valence-corrected chi connectivity index (χ3v) is 4.64. The molecule has 0 aliphatic heterocycles. The number of hydrogen-bond acceptors (Lipinski definition) is 8. The number of esters is 1. The number of fused-ring (bicyclic) bond motifs is 1. The van der Waals surface area contributed by atoms with Crippen molar-refractivity contribution < 1.29 is 13.9 Å². The molecule has 188 valence electrons. The van der Waals surface area contributed by atoms with Crippen molar-refractivity contribution in [3.63, 3.8) is 0 Å². The zero-order valence-electron chi connectivity index (χ0n) is 21.2. The second kappa shape index (κ2) is 13.6. The van der Waals surface area contributed by atoms with Crippen LogP contribution >= 0.6 is 0 Å². The zero-order valence-corrected chi connectivity index (χ0v) is 21.2. The minimum atomic E-state index is -0.470. The lowest BCUT2D eigenvalue weighted by Crippen LogP contribution is -2.09. The first kappa shape index (κ1) is 29.0. The molecule has 0 spiro atoms. The SMILES string of the molecule is C=C/C(F)=C(\C=C)Cn1nc(-c2nc(N)c(C(C)C)c(N)n2)c2cccnc21.CC.COC(C)=O. The van der Waals surface area contributed by atoms with Gasteiger partial charge in [-0.15, -0.1) is 0 Å². The monoisotopic (exact) mass is 483 g/mol. The van der Waals surface area contributed by atoms with E-state index < -0.39 is 5.83 Å². The van der Waals surface area contributed by atoms with Crippen molar-refractivity contribution in [1.82, 2.24) is 24.7 Å². The van der Waals surface area contributed by atoms with E-state index in [1.807, 2.05) is 33.8 Å². The summed E-state index contributed by atoms with van der Waals surface area (Å²) >= 11 is 0. The van der Waals surface area contributed by atoms with Crippen LogP contribution in [-0.4, -0.2) is 37.8 Å². The molecule has 4 N–H and O–H groups in total. The maximum atomic E-state index is 14.0. The fourth-order valence-corrected chi connectivity index (χ4v) is 3.02. The molecule has 0 saturated carbocycles. The van der Waals surface area contributed by atoms with Crippen LogP contribution in [0.15, 0.2) is 55.0 Å². The van der Waals surface area contributed by atoms with E-state index in [0.717, 1.165) is 6.08 Å². The first-order chi connectivity index (χ1) is 16.6. The van der Waals surface area contributed by atoms with Crippen LogP contribution in [0.5, 0.6) is 0 Å². The molecule has 0 aliphatic carbocycles. The molecule has 0 atom stereocenters. The molecule has 3 aromatic heterocycles. The summed E-state index contributed by atoms with van der Waals surface area (Å²) in [6.07, 6.45) is 4.19. The molecule has 35 heavy (non-hydrogen) atoms. The molecule has 3 rings (SSSR count). The van der Waals surface area contributed by atoms with Crippen LogP contribution in [0.3, 0.4) is 0 Å². The first-order valence-corrected chi connectivity index (χ1v) is 11.1. The molecule has 0 bridgehead atoms. The van der Waals surface area contributed by atoms with E-state index in [0.29, 0.717) is 45.3 Å². The van der Waals surface area contributed by atoms with E-state index in [2.05, 4.69) is 37.9 Å². The Kier molecular flexibility index (Phi) is 11.2. The van der Waals surface area contributed by atoms with E-state index in [-0.39, 0.29) is 18.4 Å². The molecule has 3 heterocycles. The molecule has 0 aromatic carbocycles. The number of halogens is 1. The van der Waals surface area contributed by atoms with Crippen molar-refractivity contribution in [2.24, 2.45) is 0 Å². The molecule has 0 aliphatic rings. The average Bonchev–Trinajstić information content (AvgIpc) is 3.21. The van der Waals surface area contributed by atoms with Crippen molar-refractivity contribution in [1.29, 1.82) is 0 Å². The highest BCUT2D eigenvalue weighted by Gasteiger charge is 2.20. The minimum Gasteiger partial charge on any atom is -0.469 e. The number of methoxy groups -OCH3 is 1. The Morgan fingerprint density at radius 3 is 2.23 bits per heavy atom. The van der Waals surface area contributed by atoms with Gasteiger partial charge in [0.2, 0.25) is 0 Å². The molecule has 3 aromatic rings. The fourth-order valence-electron chi connectivity index (χ4n) is 3.02. The quantitative estimate of drug-likeness (QED) is 0.370. The molecular weight excluding hydrogens is 449 g/mol. The van der Waals surface area contributed by atoms with Crippen LogP contribution in [0, 0.1) is 0 Å². The number of carbonyl (C=O) groups excluding carboxylic acids is 1. The van der Waals surface area contributed by atoms with Gasteiger partial charge in [0, 0.05) is 24.3 Å². The van der Waals surface area contributed by atoms with Crippen LogP contribution < -0.4 is 11.5 Å². The van der Waals surface area contributed by atoms with Gasteiger partial charge in [-0.3, -0.25) is 4.79 Å². The molecule has 9 nitrogen and oxygen atoms in total. The Morgan fingerprint density at radius 1 is 1.20 bits per heavy atom. The van der Waals surface area contributed by atoms with Crippen LogP contribution in [0.4, 0.5) is 16.0 Å². The van der Waals surface area contributed by atoms with Gasteiger partial charge < -0.3 is 16.2 Å². The van der Waals surface area contributed by atoms with Crippen LogP contribution in [0.25, 0.3) is 22.6 Å². The van der Waals surface area contributed by atoms with Gasteiger partial charge in [0.05, 0.1) is 19.0 Å². The lowest BCUT2D eigenvalue weighted by Gasteiger charge is -2.12. The summed E-state index contributed by atoms with van der Waals surface area (Å²) in [4.78, 5) is 22.8. The molecule has 0 saturated heterocycles. The third kappa shape index (κ3) is 7.20. The normalized spacial score (nSPS) is 11.0. The average molecular weight is 484 g/mol. The number of aromatic nitrogens is 5. The maximum Gasteiger partial charge on any atom is 0.302 e. The number of nitrogens with two attached hydrogens (primary N) is 2. The standard InChI is InChI=1S/C20H22FN7.C3H6O2.C2H6/c1-5-12(14(21)6-2)10-28-20-13(8-7-9-24-20)16(27-28)19-25-17(22)15(11(3)4)18(23)26-19;1-3(4)5-2;1-2/h5-9,11H,1-2,10H2,3-4H3,(H4,22,23,25,26);1-2H3;1-2H3/b14-12-;;. The van der Waals surface area contributed by atoms with Crippen molar-refractivity contribution in [2.45, 2.75) is 47.1 Å². The summed E-state index contributed by atoms with van der Waals surface area (Å²) < 4.78 is 19.7. The number of ether oxygens (including phenoxy) is 1. The third-order valence-electron chi connectivity index (χ3n) is 4.64. The van der Waals surface area contributed by atoms with E-state index in [1.54, 1.807) is 16.9 Å². The van der Waals surface area contributed by atoms with E-state index in [1.165, 1.54) is 20.1 Å². The number of anilines is 2. The van der Waals surface area contributed by atoms with Gasteiger partial charge in [-0.05, 0) is 24.1 Å². The second-order valence-corrected chi connectivity index (χ2v) is 7.24. The summed E-state index contributed by atoms with van der Waals surface area (Å²) in [6, 6.07) is 3.62. The Hall–Kier alpha value is -4.08. The van der Waals surface area contributed by atoms with Crippen molar-refractivity contribution in [3.8, 4) is 11.5 Å². The highest BCUT2D eigenvalue weighted by atomic mass is 19.1. The largest absolute Gasteiger partial charge is 0.469 e. The maximum absolute atomic E-state index is 14.0. The van der Waals surface area contributed by atoms with Crippen molar-refractivity contribution in [2.75, 3.05) is 18.6 Å². The highest BCUT2D eigenvalue weighted by Crippen LogP contribution is 2.31. The van der Waals surface area contributed by atoms with Crippen LogP contribution in [0.1, 0.15) is 46.1 Å². The molecular formula is C25H34FN7O2. The van der Waals surface area contributed by atoms with Crippen LogP contribution in [-0.2, 0) is 16.1 Å². The number of carbonyl (C=O) groups is 1. The Bertz CT molecular complexity index is 1190. The smallest absolute Gasteiger partial charge is 0.302 e. The Morgan fingerprint density at radius 2 is 1.77 bits per heavy atom. The lowest BCUT2D eigenvalue weighted by molar-refractivity contribution is -0.137.